The van der Waals surface area contributed by atoms with Crippen LogP contribution < -0.4 is 5.73 Å². The molecule has 1 aromatic carbocycles. The van der Waals surface area contributed by atoms with Crippen LogP contribution in [0.15, 0.2) is 46.9 Å². The van der Waals surface area contributed by atoms with E-state index in [-0.39, 0.29) is 12.4 Å². The summed E-state index contributed by atoms with van der Waals surface area (Å²) in [4.78, 5) is 4.46. The summed E-state index contributed by atoms with van der Waals surface area (Å²) >= 11 is 0. The van der Waals surface area contributed by atoms with Crippen molar-refractivity contribution in [1.82, 2.24) is 4.98 Å². The number of nitrogen functional groups attached to an aromatic ring is 1. The topological polar surface area (TPSA) is 96.1 Å². The largest absolute Gasteiger partial charge is 0.459 e. The zero-order valence-corrected chi connectivity index (χ0v) is 13.3. The number of aliphatic hydroxyl groups is 1. The summed E-state index contributed by atoms with van der Waals surface area (Å²) in [6.45, 7) is 1.80. The summed E-state index contributed by atoms with van der Waals surface area (Å²) in [5, 5.41) is 18.8. The van der Waals surface area contributed by atoms with Crippen molar-refractivity contribution in [2.24, 2.45) is 0 Å². The molecule has 0 saturated heterocycles. The number of aliphatic hydroxyl groups excluding tert-OH is 1. The van der Waals surface area contributed by atoms with Gasteiger partial charge in [0.05, 0.1) is 5.69 Å². The van der Waals surface area contributed by atoms with Gasteiger partial charge in [0.15, 0.2) is 0 Å². The molecule has 0 bridgehead atoms. The monoisotopic (exact) mass is 319 g/mol. The molecule has 0 fully saturated rings. The summed E-state index contributed by atoms with van der Waals surface area (Å²) in [5.74, 6) is 1.12. The quantitative estimate of drug-likeness (QED) is 0.767. The number of nitriles is 1. The number of furan rings is 1. The SMILES string of the molecule is CCc1c(-c2ccccc2)nc(N)c(C#N)c1-c1ccc(CO)o1. The number of aromatic nitrogens is 1. The van der Waals surface area contributed by atoms with Gasteiger partial charge in [-0.15, -0.1) is 0 Å². The summed E-state index contributed by atoms with van der Waals surface area (Å²) in [6, 6.07) is 15.3. The normalized spacial score (nSPS) is 10.5. The van der Waals surface area contributed by atoms with Crippen LogP contribution in [-0.2, 0) is 13.0 Å². The van der Waals surface area contributed by atoms with Crippen LogP contribution in [0.1, 0.15) is 23.8 Å². The molecule has 24 heavy (non-hydrogen) atoms. The highest BCUT2D eigenvalue weighted by atomic mass is 16.4. The first kappa shape index (κ1) is 15.8. The molecule has 0 aliphatic rings. The molecule has 0 unspecified atom stereocenters. The molecule has 0 saturated carbocycles. The van der Waals surface area contributed by atoms with Crippen molar-refractivity contribution < 1.29 is 9.52 Å². The van der Waals surface area contributed by atoms with Crippen molar-refractivity contribution in [2.45, 2.75) is 20.0 Å². The number of pyridine rings is 1. The van der Waals surface area contributed by atoms with Crippen molar-refractivity contribution in [2.75, 3.05) is 5.73 Å². The fourth-order valence-electron chi connectivity index (χ4n) is 2.80. The predicted molar refractivity (Wildman–Crippen MR) is 91.8 cm³/mol. The summed E-state index contributed by atoms with van der Waals surface area (Å²) in [5.41, 5.74) is 9.55. The molecule has 0 spiro atoms. The van der Waals surface area contributed by atoms with Crippen LogP contribution in [0.3, 0.4) is 0 Å². The maximum atomic E-state index is 9.54. The van der Waals surface area contributed by atoms with Crippen LogP contribution in [-0.4, -0.2) is 10.1 Å². The Labute approximate surface area is 140 Å². The zero-order chi connectivity index (χ0) is 17.1. The van der Waals surface area contributed by atoms with E-state index in [0.29, 0.717) is 29.1 Å². The van der Waals surface area contributed by atoms with Gasteiger partial charge in [-0.2, -0.15) is 5.26 Å². The van der Waals surface area contributed by atoms with Crippen LogP contribution >= 0.6 is 0 Å². The highest BCUT2D eigenvalue weighted by Crippen LogP contribution is 2.37. The maximum absolute atomic E-state index is 9.54. The van der Waals surface area contributed by atoms with E-state index >= 15 is 0 Å². The van der Waals surface area contributed by atoms with Crippen molar-refractivity contribution in [3.8, 4) is 28.7 Å². The van der Waals surface area contributed by atoms with Gasteiger partial charge < -0.3 is 15.3 Å². The van der Waals surface area contributed by atoms with Gasteiger partial charge in [0.1, 0.15) is 35.6 Å². The average molecular weight is 319 g/mol. The van der Waals surface area contributed by atoms with Crippen LogP contribution in [0.25, 0.3) is 22.6 Å². The standard InChI is InChI=1S/C19H17N3O2/c1-2-14-17(16-9-8-13(11-23)24-16)15(10-20)19(21)22-18(14)12-6-4-3-5-7-12/h3-9,23H,2,11H2,1H3,(H2,21,22). The summed E-state index contributed by atoms with van der Waals surface area (Å²) < 4.78 is 5.67. The number of hydrogen-bond donors (Lipinski definition) is 2. The Bertz CT molecular complexity index is 908. The Hall–Kier alpha value is -3.10. The Morgan fingerprint density at radius 1 is 1.21 bits per heavy atom. The van der Waals surface area contributed by atoms with Crippen LogP contribution in [0.4, 0.5) is 5.82 Å². The summed E-state index contributed by atoms with van der Waals surface area (Å²) in [6.07, 6.45) is 0.663. The molecule has 0 amide bonds. The lowest BCUT2D eigenvalue weighted by molar-refractivity contribution is 0.248. The first-order chi connectivity index (χ1) is 11.7. The van der Waals surface area contributed by atoms with E-state index in [9.17, 15) is 10.4 Å². The van der Waals surface area contributed by atoms with Crippen LogP contribution in [0.2, 0.25) is 0 Å². The number of nitrogens with zero attached hydrogens (tertiary/aromatic N) is 2. The second-order valence-electron chi connectivity index (χ2n) is 5.33. The number of hydrogen-bond acceptors (Lipinski definition) is 5. The second kappa shape index (κ2) is 6.57. The minimum Gasteiger partial charge on any atom is -0.459 e. The van der Waals surface area contributed by atoms with E-state index < -0.39 is 0 Å². The van der Waals surface area contributed by atoms with Gasteiger partial charge >= 0.3 is 0 Å². The molecule has 3 aromatic rings. The first-order valence-electron chi connectivity index (χ1n) is 7.67. The molecular formula is C19H17N3O2. The molecule has 0 atom stereocenters. The molecule has 0 aliphatic heterocycles. The Morgan fingerprint density at radius 2 is 1.96 bits per heavy atom. The van der Waals surface area contributed by atoms with E-state index in [4.69, 9.17) is 10.2 Å². The maximum Gasteiger partial charge on any atom is 0.142 e. The highest BCUT2D eigenvalue weighted by molar-refractivity contribution is 5.82. The Morgan fingerprint density at radius 3 is 2.54 bits per heavy atom. The molecule has 5 heteroatoms. The molecule has 0 radical (unpaired) electrons. The molecule has 2 heterocycles. The van der Waals surface area contributed by atoms with Gasteiger partial charge in [-0.1, -0.05) is 37.3 Å². The molecule has 3 N–H and O–H groups in total. The van der Waals surface area contributed by atoms with E-state index in [1.807, 2.05) is 37.3 Å². The van der Waals surface area contributed by atoms with Crippen molar-refractivity contribution >= 4 is 5.82 Å². The minimum absolute atomic E-state index is 0.172. The van der Waals surface area contributed by atoms with Gasteiger partial charge in [-0.25, -0.2) is 4.98 Å². The lowest BCUT2D eigenvalue weighted by atomic mass is 9.94. The second-order valence-corrected chi connectivity index (χ2v) is 5.33. The zero-order valence-electron chi connectivity index (χ0n) is 13.3. The molecule has 5 nitrogen and oxygen atoms in total. The third-order valence-electron chi connectivity index (χ3n) is 3.90. The third-order valence-corrected chi connectivity index (χ3v) is 3.90. The van der Waals surface area contributed by atoms with Crippen molar-refractivity contribution in [3.05, 3.63) is 59.4 Å². The van der Waals surface area contributed by atoms with Gasteiger partial charge in [0, 0.05) is 11.1 Å². The van der Waals surface area contributed by atoms with E-state index in [1.54, 1.807) is 12.1 Å². The van der Waals surface area contributed by atoms with Crippen molar-refractivity contribution in [3.63, 3.8) is 0 Å². The van der Waals surface area contributed by atoms with E-state index in [0.717, 1.165) is 16.8 Å². The van der Waals surface area contributed by atoms with Crippen LogP contribution in [0, 0.1) is 11.3 Å². The van der Waals surface area contributed by atoms with Gasteiger partial charge in [-0.05, 0) is 24.1 Å². The lowest BCUT2D eigenvalue weighted by Crippen LogP contribution is -2.04. The van der Waals surface area contributed by atoms with Gasteiger partial charge in [0.2, 0.25) is 0 Å². The fraction of sp³-hybridized carbons (Fsp3) is 0.158. The molecule has 3 rings (SSSR count). The first-order valence-corrected chi connectivity index (χ1v) is 7.67. The number of anilines is 1. The average Bonchev–Trinajstić information content (AvgIpc) is 3.10. The van der Waals surface area contributed by atoms with E-state index in [2.05, 4.69) is 11.1 Å². The molecular weight excluding hydrogens is 302 g/mol. The smallest absolute Gasteiger partial charge is 0.142 e. The lowest BCUT2D eigenvalue weighted by Gasteiger charge is -2.15. The van der Waals surface area contributed by atoms with E-state index in [1.165, 1.54) is 0 Å². The van der Waals surface area contributed by atoms with Crippen molar-refractivity contribution in [1.29, 1.82) is 5.26 Å². The highest BCUT2D eigenvalue weighted by Gasteiger charge is 2.22. The summed E-state index contributed by atoms with van der Waals surface area (Å²) in [7, 11) is 0. The molecule has 120 valence electrons. The molecule has 2 aromatic heterocycles. The predicted octanol–water partition coefficient (Wildman–Crippen LogP) is 3.52. The Kier molecular flexibility index (Phi) is 4.32. The van der Waals surface area contributed by atoms with Crippen LogP contribution in [0.5, 0.6) is 0 Å². The Balaban J connectivity index is 2.33. The van der Waals surface area contributed by atoms with Gasteiger partial charge in [-0.3, -0.25) is 0 Å². The minimum atomic E-state index is -0.199. The number of benzene rings is 1. The third kappa shape index (κ3) is 2.64. The molecule has 0 aliphatic carbocycles. The number of rotatable bonds is 4. The fourth-order valence-corrected chi connectivity index (χ4v) is 2.80. The number of nitrogens with two attached hydrogens (primary N) is 1. The van der Waals surface area contributed by atoms with Gasteiger partial charge in [0.25, 0.3) is 0 Å².